The highest BCUT2D eigenvalue weighted by atomic mass is 35.5. The van der Waals surface area contributed by atoms with Gasteiger partial charge < -0.3 is 5.32 Å². The monoisotopic (exact) mass is 224 g/mol. The largest absolute Gasteiger partial charge is 0.325 e. The van der Waals surface area contributed by atoms with E-state index in [9.17, 15) is 0 Å². The van der Waals surface area contributed by atoms with Crippen molar-refractivity contribution in [1.82, 2.24) is 5.43 Å². The molecule has 0 saturated heterocycles. The van der Waals surface area contributed by atoms with Crippen LogP contribution < -0.4 is 16.6 Å². The van der Waals surface area contributed by atoms with Gasteiger partial charge in [0.1, 0.15) is 0 Å². The lowest BCUT2D eigenvalue weighted by atomic mass is 10.3. The van der Waals surface area contributed by atoms with Crippen molar-refractivity contribution in [2.75, 3.05) is 5.32 Å². The number of rotatable bonds is 2. The smallest absolute Gasteiger partial charge is 0.210 e. The molecule has 1 aliphatic carbocycles. The first-order chi connectivity index (χ1) is 7.28. The van der Waals surface area contributed by atoms with E-state index in [1.165, 1.54) is 0 Å². The number of nitrogens with zero attached hydrogens (tertiary/aromatic N) is 1. The number of aliphatic imine (C=N–C) groups is 1. The van der Waals surface area contributed by atoms with Crippen LogP contribution >= 0.6 is 11.6 Å². The number of anilines is 1. The van der Waals surface area contributed by atoms with Crippen molar-refractivity contribution < 1.29 is 0 Å². The molecule has 1 aromatic carbocycles. The summed E-state index contributed by atoms with van der Waals surface area (Å²) in [6, 6.07) is 7.84. The third-order valence-electron chi connectivity index (χ3n) is 2.08. The third-order valence-corrected chi connectivity index (χ3v) is 2.32. The molecule has 80 valence electrons. The minimum atomic E-state index is 0.419. The maximum atomic E-state index is 5.86. The lowest BCUT2D eigenvalue weighted by molar-refractivity contribution is 0.966. The Hall–Kier alpha value is -1.26. The molecule has 15 heavy (non-hydrogen) atoms. The first-order valence-corrected chi connectivity index (χ1v) is 5.23. The molecule has 0 unspecified atom stereocenters. The standard InChI is InChI=1S/C10H13ClN4/c11-7-2-1-3-9(6-7)14-10(15-12)13-8-4-5-8/h1-3,6,8H,4-5,12H2,(H2,13,14,15). The van der Waals surface area contributed by atoms with E-state index >= 15 is 0 Å². The summed E-state index contributed by atoms with van der Waals surface area (Å²) in [6.45, 7) is 0. The first kappa shape index (κ1) is 10.3. The highest BCUT2D eigenvalue weighted by molar-refractivity contribution is 6.30. The quantitative estimate of drug-likeness (QED) is 0.310. The number of hydrogen-bond donors (Lipinski definition) is 3. The molecule has 1 aromatic rings. The second kappa shape index (κ2) is 4.51. The zero-order valence-corrected chi connectivity index (χ0v) is 8.96. The number of hydrogen-bond acceptors (Lipinski definition) is 2. The van der Waals surface area contributed by atoms with Gasteiger partial charge >= 0.3 is 0 Å². The Bertz CT molecular complexity index is 373. The van der Waals surface area contributed by atoms with Gasteiger partial charge in [0.2, 0.25) is 5.96 Å². The molecule has 0 atom stereocenters. The SMILES string of the molecule is NNC(=NC1CC1)Nc1cccc(Cl)c1. The predicted molar refractivity (Wildman–Crippen MR) is 62.9 cm³/mol. The molecule has 1 fully saturated rings. The van der Waals surface area contributed by atoms with Crippen LogP contribution in [0.2, 0.25) is 5.02 Å². The summed E-state index contributed by atoms with van der Waals surface area (Å²) < 4.78 is 0. The van der Waals surface area contributed by atoms with Gasteiger partial charge in [-0.15, -0.1) is 0 Å². The Morgan fingerprint density at radius 3 is 2.87 bits per heavy atom. The van der Waals surface area contributed by atoms with E-state index in [1.54, 1.807) is 0 Å². The molecule has 5 heteroatoms. The predicted octanol–water partition coefficient (Wildman–Crippen LogP) is 1.73. The summed E-state index contributed by atoms with van der Waals surface area (Å²) in [5, 5.41) is 3.75. The molecule has 0 heterocycles. The van der Waals surface area contributed by atoms with Crippen LogP contribution in [0.15, 0.2) is 29.3 Å². The molecule has 0 bridgehead atoms. The van der Waals surface area contributed by atoms with Gasteiger partial charge in [-0.05, 0) is 31.0 Å². The van der Waals surface area contributed by atoms with Crippen molar-refractivity contribution in [3.8, 4) is 0 Å². The van der Waals surface area contributed by atoms with Crippen LogP contribution in [0.4, 0.5) is 5.69 Å². The summed E-state index contributed by atoms with van der Waals surface area (Å²) in [6.07, 6.45) is 2.28. The second-order valence-corrected chi connectivity index (χ2v) is 3.93. The normalized spacial score (nSPS) is 16.3. The fraction of sp³-hybridized carbons (Fsp3) is 0.300. The topological polar surface area (TPSA) is 62.4 Å². The maximum absolute atomic E-state index is 5.86. The molecule has 4 N–H and O–H groups in total. The van der Waals surface area contributed by atoms with E-state index in [0.717, 1.165) is 18.5 Å². The van der Waals surface area contributed by atoms with Crippen molar-refractivity contribution in [3.05, 3.63) is 29.3 Å². The van der Waals surface area contributed by atoms with Gasteiger partial charge in [-0.25, -0.2) is 10.8 Å². The summed E-state index contributed by atoms with van der Waals surface area (Å²) in [5.41, 5.74) is 3.41. The van der Waals surface area contributed by atoms with E-state index < -0.39 is 0 Å². The van der Waals surface area contributed by atoms with Crippen LogP contribution in [0.1, 0.15) is 12.8 Å². The van der Waals surface area contributed by atoms with Crippen molar-refractivity contribution in [3.63, 3.8) is 0 Å². The Labute approximate surface area is 93.5 Å². The number of benzene rings is 1. The van der Waals surface area contributed by atoms with E-state index in [1.807, 2.05) is 24.3 Å². The number of nitrogens with two attached hydrogens (primary N) is 1. The van der Waals surface area contributed by atoms with Crippen molar-refractivity contribution in [2.45, 2.75) is 18.9 Å². The fourth-order valence-corrected chi connectivity index (χ4v) is 1.39. The van der Waals surface area contributed by atoms with Crippen LogP contribution in [0.3, 0.4) is 0 Å². The summed E-state index contributed by atoms with van der Waals surface area (Å²) in [7, 11) is 0. The number of hydrazine groups is 1. The third kappa shape index (κ3) is 3.11. The number of guanidine groups is 1. The van der Waals surface area contributed by atoms with Crippen molar-refractivity contribution >= 4 is 23.2 Å². The van der Waals surface area contributed by atoms with Crippen LogP contribution in [0.5, 0.6) is 0 Å². The van der Waals surface area contributed by atoms with E-state index in [-0.39, 0.29) is 0 Å². The summed E-state index contributed by atoms with van der Waals surface area (Å²) in [5.74, 6) is 5.94. The lowest BCUT2D eigenvalue weighted by Gasteiger charge is -2.08. The Balaban J connectivity index is 2.05. The van der Waals surface area contributed by atoms with Crippen LogP contribution in [-0.4, -0.2) is 12.0 Å². The average molecular weight is 225 g/mol. The molecule has 0 spiro atoms. The zero-order valence-electron chi connectivity index (χ0n) is 8.20. The van der Waals surface area contributed by atoms with Gasteiger partial charge in [0.25, 0.3) is 0 Å². The molecule has 0 radical (unpaired) electrons. The minimum Gasteiger partial charge on any atom is -0.325 e. The summed E-state index contributed by atoms with van der Waals surface area (Å²) >= 11 is 5.86. The Morgan fingerprint density at radius 1 is 1.47 bits per heavy atom. The minimum absolute atomic E-state index is 0.419. The highest BCUT2D eigenvalue weighted by Gasteiger charge is 2.20. The Morgan fingerprint density at radius 2 is 2.27 bits per heavy atom. The van der Waals surface area contributed by atoms with Crippen LogP contribution in [0, 0.1) is 0 Å². The van der Waals surface area contributed by atoms with E-state index in [0.29, 0.717) is 17.0 Å². The number of nitrogens with one attached hydrogen (secondary N) is 2. The Kier molecular flexibility index (Phi) is 3.08. The molecular weight excluding hydrogens is 212 g/mol. The van der Waals surface area contributed by atoms with E-state index in [2.05, 4.69) is 15.7 Å². The first-order valence-electron chi connectivity index (χ1n) is 4.85. The molecule has 1 aliphatic rings. The molecule has 4 nitrogen and oxygen atoms in total. The van der Waals surface area contributed by atoms with Crippen molar-refractivity contribution in [1.29, 1.82) is 0 Å². The molecule has 0 amide bonds. The lowest BCUT2D eigenvalue weighted by Crippen LogP contribution is -2.36. The number of halogens is 1. The molecular formula is C10H13ClN4. The fourth-order valence-electron chi connectivity index (χ4n) is 1.19. The second-order valence-electron chi connectivity index (χ2n) is 3.49. The van der Waals surface area contributed by atoms with Gasteiger partial charge in [0.05, 0.1) is 6.04 Å². The summed E-state index contributed by atoms with van der Waals surface area (Å²) in [4.78, 5) is 4.36. The molecule has 1 saturated carbocycles. The van der Waals surface area contributed by atoms with Gasteiger partial charge in [0.15, 0.2) is 0 Å². The maximum Gasteiger partial charge on any atom is 0.210 e. The molecule has 2 rings (SSSR count). The van der Waals surface area contributed by atoms with Crippen LogP contribution in [-0.2, 0) is 0 Å². The van der Waals surface area contributed by atoms with Gasteiger partial charge in [0, 0.05) is 10.7 Å². The van der Waals surface area contributed by atoms with Gasteiger partial charge in [-0.1, -0.05) is 17.7 Å². The highest BCUT2D eigenvalue weighted by Crippen LogP contribution is 2.23. The average Bonchev–Trinajstić information content (AvgIpc) is 3.01. The molecule has 0 aromatic heterocycles. The molecule has 0 aliphatic heterocycles. The van der Waals surface area contributed by atoms with Gasteiger partial charge in [-0.2, -0.15) is 0 Å². The van der Waals surface area contributed by atoms with E-state index in [4.69, 9.17) is 17.4 Å². The van der Waals surface area contributed by atoms with Crippen molar-refractivity contribution in [2.24, 2.45) is 10.8 Å². The zero-order chi connectivity index (χ0) is 10.7. The van der Waals surface area contributed by atoms with Crippen LogP contribution in [0.25, 0.3) is 0 Å². The van der Waals surface area contributed by atoms with Gasteiger partial charge in [-0.3, -0.25) is 5.43 Å².